The van der Waals surface area contributed by atoms with Crippen LogP contribution in [-0.2, 0) is 9.53 Å². The summed E-state index contributed by atoms with van der Waals surface area (Å²) in [5.41, 5.74) is 0.713. The Bertz CT molecular complexity index is 469. The molecule has 5 nitrogen and oxygen atoms in total. The SMILES string of the molecule is O=C(Nc1ccc2c(c1)OCCCO2)[C@@H]1CCCO1. The predicted octanol–water partition coefficient (Wildman–Crippen LogP) is 1.97. The lowest BCUT2D eigenvalue weighted by Crippen LogP contribution is -2.26. The predicted molar refractivity (Wildman–Crippen MR) is 69.7 cm³/mol. The van der Waals surface area contributed by atoms with E-state index in [9.17, 15) is 4.79 Å². The van der Waals surface area contributed by atoms with Gasteiger partial charge in [-0.1, -0.05) is 0 Å². The molecule has 2 aliphatic rings. The molecule has 0 saturated carbocycles. The third-order valence-corrected chi connectivity index (χ3v) is 3.24. The Kier molecular flexibility index (Phi) is 3.55. The van der Waals surface area contributed by atoms with Gasteiger partial charge in [0, 0.05) is 24.8 Å². The van der Waals surface area contributed by atoms with E-state index < -0.39 is 0 Å². The van der Waals surface area contributed by atoms with Crippen molar-refractivity contribution in [2.45, 2.75) is 25.4 Å². The van der Waals surface area contributed by atoms with Gasteiger partial charge in [-0.25, -0.2) is 0 Å². The van der Waals surface area contributed by atoms with Crippen LogP contribution in [0.25, 0.3) is 0 Å². The second kappa shape index (κ2) is 5.48. The molecule has 0 aromatic heterocycles. The Balaban J connectivity index is 1.71. The highest BCUT2D eigenvalue weighted by Gasteiger charge is 2.23. The fourth-order valence-corrected chi connectivity index (χ4v) is 2.25. The Morgan fingerprint density at radius 3 is 2.74 bits per heavy atom. The molecule has 0 unspecified atom stereocenters. The zero-order chi connectivity index (χ0) is 13.1. The van der Waals surface area contributed by atoms with Gasteiger partial charge in [-0.05, 0) is 25.0 Å². The van der Waals surface area contributed by atoms with Crippen molar-refractivity contribution in [3.8, 4) is 11.5 Å². The van der Waals surface area contributed by atoms with Crippen LogP contribution in [0, 0.1) is 0 Å². The number of amides is 1. The number of rotatable bonds is 2. The van der Waals surface area contributed by atoms with Gasteiger partial charge < -0.3 is 19.5 Å². The molecule has 1 aromatic carbocycles. The number of anilines is 1. The first kappa shape index (κ1) is 12.3. The van der Waals surface area contributed by atoms with Crippen LogP contribution in [0.1, 0.15) is 19.3 Å². The number of nitrogens with one attached hydrogen (secondary N) is 1. The Morgan fingerprint density at radius 1 is 1.11 bits per heavy atom. The molecule has 1 aromatic rings. The number of benzene rings is 1. The number of fused-ring (bicyclic) bond motifs is 1. The van der Waals surface area contributed by atoms with E-state index in [1.54, 1.807) is 6.07 Å². The molecule has 3 rings (SSSR count). The number of carbonyl (C=O) groups excluding carboxylic acids is 1. The van der Waals surface area contributed by atoms with Gasteiger partial charge in [-0.15, -0.1) is 0 Å². The minimum Gasteiger partial charge on any atom is -0.490 e. The molecule has 0 spiro atoms. The van der Waals surface area contributed by atoms with Gasteiger partial charge in [0.15, 0.2) is 11.5 Å². The summed E-state index contributed by atoms with van der Waals surface area (Å²) in [4.78, 5) is 11.9. The van der Waals surface area contributed by atoms with E-state index in [2.05, 4.69) is 5.32 Å². The van der Waals surface area contributed by atoms with E-state index in [0.29, 0.717) is 31.3 Å². The molecule has 19 heavy (non-hydrogen) atoms. The van der Waals surface area contributed by atoms with Crippen LogP contribution in [0.2, 0.25) is 0 Å². The van der Waals surface area contributed by atoms with Gasteiger partial charge in [0.2, 0.25) is 0 Å². The van der Waals surface area contributed by atoms with E-state index in [1.807, 2.05) is 12.1 Å². The van der Waals surface area contributed by atoms with Gasteiger partial charge in [0.25, 0.3) is 5.91 Å². The molecule has 1 saturated heterocycles. The standard InChI is InChI=1S/C14H17NO4/c16-14(12-3-1-6-18-12)15-10-4-5-11-13(9-10)19-8-2-7-17-11/h4-5,9,12H,1-3,6-8H2,(H,15,16)/t12-/m0/s1. The molecule has 0 aliphatic carbocycles. The Morgan fingerprint density at radius 2 is 1.95 bits per heavy atom. The molecule has 0 bridgehead atoms. The maximum atomic E-state index is 11.9. The molecular formula is C14H17NO4. The lowest BCUT2D eigenvalue weighted by molar-refractivity contribution is -0.124. The van der Waals surface area contributed by atoms with Gasteiger partial charge >= 0.3 is 0 Å². The zero-order valence-electron chi connectivity index (χ0n) is 10.7. The molecule has 2 heterocycles. The summed E-state index contributed by atoms with van der Waals surface area (Å²) < 4.78 is 16.5. The minimum absolute atomic E-state index is 0.0907. The molecule has 0 radical (unpaired) electrons. The topological polar surface area (TPSA) is 56.8 Å². The highest BCUT2D eigenvalue weighted by atomic mass is 16.5. The summed E-state index contributed by atoms with van der Waals surface area (Å²) in [5.74, 6) is 1.32. The summed E-state index contributed by atoms with van der Waals surface area (Å²) in [5, 5.41) is 2.85. The fourth-order valence-electron chi connectivity index (χ4n) is 2.25. The first-order chi connectivity index (χ1) is 9.33. The van der Waals surface area contributed by atoms with Gasteiger partial charge in [0.1, 0.15) is 6.10 Å². The Hall–Kier alpha value is -1.75. The monoisotopic (exact) mass is 263 g/mol. The van der Waals surface area contributed by atoms with Gasteiger partial charge in [0.05, 0.1) is 13.2 Å². The third-order valence-electron chi connectivity index (χ3n) is 3.24. The minimum atomic E-state index is -0.323. The molecule has 5 heteroatoms. The van der Waals surface area contributed by atoms with Crippen LogP contribution in [0.5, 0.6) is 11.5 Å². The van der Waals surface area contributed by atoms with Crippen molar-refractivity contribution in [1.82, 2.24) is 0 Å². The van der Waals surface area contributed by atoms with Crippen molar-refractivity contribution in [1.29, 1.82) is 0 Å². The number of hydrogen-bond donors (Lipinski definition) is 1. The number of carbonyl (C=O) groups is 1. The second-order valence-corrected chi connectivity index (χ2v) is 4.70. The molecule has 1 N–H and O–H groups in total. The summed E-state index contributed by atoms with van der Waals surface area (Å²) in [6.07, 6.45) is 2.28. The summed E-state index contributed by atoms with van der Waals surface area (Å²) in [6.45, 7) is 1.96. The van der Waals surface area contributed by atoms with Crippen LogP contribution in [0.15, 0.2) is 18.2 Å². The average molecular weight is 263 g/mol. The van der Waals surface area contributed by atoms with E-state index in [4.69, 9.17) is 14.2 Å². The van der Waals surface area contributed by atoms with Crippen LogP contribution in [0.4, 0.5) is 5.69 Å². The van der Waals surface area contributed by atoms with Crippen LogP contribution >= 0.6 is 0 Å². The van der Waals surface area contributed by atoms with Crippen LogP contribution in [0.3, 0.4) is 0 Å². The van der Waals surface area contributed by atoms with Crippen LogP contribution in [-0.4, -0.2) is 31.8 Å². The number of hydrogen-bond acceptors (Lipinski definition) is 4. The molecule has 1 fully saturated rings. The van der Waals surface area contributed by atoms with E-state index in [-0.39, 0.29) is 12.0 Å². The summed E-state index contributed by atoms with van der Waals surface area (Å²) in [6, 6.07) is 5.44. The second-order valence-electron chi connectivity index (χ2n) is 4.70. The lowest BCUT2D eigenvalue weighted by atomic mass is 10.2. The molecule has 2 aliphatic heterocycles. The quantitative estimate of drug-likeness (QED) is 0.886. The maximum absolute atomic E-state index is 11.9. The Labute approximate surface area is 111 Å². The first-order valence-electron chi connectivity index (χ1n) is 6.65. The normalized spacial score (nSPS) is 21.8. The van der Waals surface area contributed by atoms with E-state index in [0.717, 1.165) is 25.0 Å². The van der Waals surface area contributed by atoms with Crippen LogP contribution < -0.4 is 14.8 Å². The molecular weight excluding hydrogens is 246 g/mol. The van der Waals surface area contributed by atoms with E-state index >= 15 is 0 Å². The zero-order valence-corrected chi connectivity index (χ0v) is 10.7. The van der Waals surface area contributed by atoms with Crippen molar-refractivity contribution in [3.05, 3.63) is 18.2 Å². The van der Waals surface area contributed by atoms with Crippen molar-refractivity contribution >= 4 is 11.6 Å². The van der Waals surface area contributed by atoms with Gasteiger partial charge in [-0.2, -0.15) is 0 Å². The van der Waals surface area contributed by atoms with Gasteiger partial charge in [-0.3, -0.25) is 4.79 Å². The lowest BCUT2D eigenvalue weighted by Gasteiger charge is -2.12. The summed E-state index contributed by atoms with van der Waals surface area (Å²) >= 11 is 0. The van der Waals surface area contributed by atoms with Crippen molar-refractivity contribution < 1.29 is 19.0 Å². The summed E-state index contributed by atoms with van der Waals surface area (Å²) in [7, 11) is 0. The maximum Gasteiger partial charge on any atom is 0.253 e. The van der Waals surface area contributed by atoms with E-state index in [1.165, 1.54) is 0 Å². The fraction of sp³-hybridized carbons (Fsp3) is 0.500. The molecule has 102 valence electrons. The molecule has 1 amide bonds. The molecule has 1 atom stereocenters. The third kappa shape index (κ3) is 2.81. The highest BCUT2D eigenvalue weighted by molar-refractivity contribution is 5.94. The highest BCUT2D eigenvalue weighted by Crippen LogP contribution is 2.32. The average Bonchev–Trinajstić information content (AvgIpc) is 2.85. The smallest absolute Gasteiger partial charge is 0.253 e. The van der Waals surface area contributed by atoms with Crippen molar-refractivity contribution in [3.63, 3.8) is 0 Å². The van der Waals surface area contributed by atoms with Crippen molar-refractivity contribution in [2.24, 2.45) is 0 Å². The van der Waals surface area contributed by atoms with Crippen molar-refractivity contribution in [2.75, 3.05) is 25.1 Å². The number of ether oxygens (including phenoxy) is 3. The first-order valence-corrected chi connectivity index (χ1v) is 6.65. The largest absolute Gasteiger partial charge is 0.490 e.